The summed E-state index contributed by atoms with van der Waals surface area (Å²) in [7, 11) is -13.3. The molecule has 1 aliphatic rings. The van der Waals surface area contributed by atoms with E-state index in [2.05, 4.69) is 76.2 Å². The average Bonchev–Trinajstić information content (AvgIpc) is 0.947. The van der Waals surface area contributed by atoms with Crippen LogP contribution in [0.4, 0.5) is 0 Å². The van der Waals surface area contributed by atoms with E-state index >= 15 is 18.3 Å². The zero-order valence-electron chi connectivity index (χ0n) is 64.5. The van der Waals surface area contributed by atoms with E-state index in [9.17, 15) is 0 Å². The zero-order chi connectivity index (χ0) is 77.6. The number of hydrogen-bond acceptors (Lipinski definition) is 12. The SMILES string of the molecule is CCCOc1c2cc(COCP(=O)(c3ccccc3)c3ccccc3)cc1Cc1cc(COCP(=O)(c3ccccc3)c3ccccc3)cc(c1OCCC)Cc1cc(COCP(=O)(c3ccccc3)c3ccccc3)cc(c1OCCC)Cc1cc(COCP(=O)(c3ccccc3)c3ccccc3)cc(c1OCCC)C2. The Balaban J connectivity index is 1.01. The summed E-state index contributed by atoms with van der Waals surface area (Å²) in [5.41, 5.74) is 10.4. The van der Waals surface area contributed by atoms with E-state index in [1.165, 1.54) is 0 Å². The fourth-order valence-corrected chi connectivity index (χ4v) is 23.8. The van der Waals surface area contributed by atoms with Gasteiger partial charge in [-0.2, -0.15) is 0 Å². The molecule has 0 saturated heterocycles. The van der Waals surface area contributed by atoms with Crippen LogP contribution in [0.1, 0.15) is 120 Å². The largest absolute Gasteiger partial charge is 0.493 e. The topological polar surface area (TPSA) is 142 Å². The molecule has 1 aliphatic carbocycles. The Morgan fingerprint density at radius 2 is 0.366 bits per heavy atom. The van der Waals surface area contributed by atoms with E-state index < -0.39 is 28.6 Å². The number of benzene rings is 12. The number of fused-ring (bicyclic) bond motifs is 8. The Morgan fingerprint density at radius 3 is 0.500 bits per heavy atom. The van der Waals surface area contributed by atoms with Crippen LogP contribution in [0.3, 0.4) is 0 Å². The molecule has 0 atom stereocenters. The Bertz CT molecular complexity index is 4320. The lowest BCUT2D eigenvalue weighted by atomic mass is 9.88. The molecule has 0 heterocycles. The fourth-order valence-electron chi connectivity index (χ4n) is 14.8. The van der Waals surface area contributed by atoms with Gasteiger partial charge in [-0.05, 0) is 141 Å². The molecule has 12 nitrogen and oxygen atoms in total. The highest BCUT2D eigenvalue weighted by Crippen LogP contribution is 2.49. The summed E-state index contributed by atoms with van der Waals surface area (Å²) in [5, 5.41) is 5.65. The highest BCUT2D eigenvalue weighted by atomic mass is 31.2. The quantitative estimate of drug-likeness (QED) is 0.0345. The standard InChI is InChI=1S/C96H100O12P4/c1-5-49-105-93-77-53-73(65-101-69-109(97,85-33-17-9-18-34-85)86-35-19-10-20-36-86)54-78(93)62-80-56-75(67-103-71-111(99,89-41-25-13-26-42-89)90-43-27-14-28-44-90)58-82(95(80)107-51-7-3)64-84-60-76(68-104-72-112(100,91-45-29-15-30-46-91)92-47-31-16-32-48-92)59-83(96(84)108-52-8-4)63-81-57-74(55-79(61-77)94(81)106-50-6-2)66-102-70-110(98,87-37-21-11-22-38-87)88-39-23-12-24-40-88/h9-48,53-60H,5-8,49-52,61-72H2,1-4H3. The summed E-state index contributed by atoms with van der Waals surface area (Å²) in [4.78, 5) is 0. The molecule has 16 heteroatoms. The van der Waals surface area contributed by atoms with Crippen molar-refractivity contribution in [3.05, 3.63) is 358 Å². The summed E-state index contributed by atoms with van der Waals surface area (Å²) in [5.74, 6) is 2.83. The van der Waals surface area contributed by atoms with Crippen molar-refractivity contribution in [3.63, 3.8) is 0 Å². The van der Waals surface area contributed by atoms with Crippen molar-refractivity contribution in [2.24, 2.45) is 0 Å². The molecular weight excluding hydrogens is 1470 g/mol. The van der Waals surface area contributed by atoms with Crippen molar-refractivity contribution < 1.29 is 56.2 Å². The van der Waals surface area contributed by atoms with E-state index in [0.29, 0.717) is 118 Å². The third-order valence-electron chi connectivity index (χ3n) is 20.1. The molecule has 12 aromatic carbocycles. The average molecular weight is 1570 g/mol. The molecule has 13 rings (SSSR count). The van der Waals surface area contributed by atoms with Crippen LogP contribution >= 0.6 is 28.6 Å². The predicted molar refractivity (Wildman–Crippen MR) is 458 cm³/mol. The van der Waals surface area contributed by atoms with Gasteiger partial charge < -0.3 is 56.2 Å². The van der Waals surface area contributed by atoms with Gasteiger partial charge in [-0.25, -0.2) is 0 Å². The van der Waals surface area contributed by atoms with Crippen LogP contribution < -0.4 is 61.4 Å². The van der Waals surface area contributed by atoms with Gasteiger partial charge in [0.2, 0.25) is 0 Å². The molecule has 112 heavy (non-hydrogen) atoms. The maximum absolute atomic E-state index is 15.7. The molecular formula is C96H100O12P4. The van der Waals surface area contributed by atoms with E-state index in [-0.39, 0.29) is 51.8 Å². The van der Waals surface area contributed by atoms with Crippen molar-refractivity contribution in [2.45, 2.75) is 105 Å². The molecule has 0 radical (unpaired) electrons. The second kappa shape index (κ2) is 38.9. The van der Waals surface area contributed by atoms with Gasteiger partial charge in [-0.15, -0.1) is 0 Å². The molecule has 0 aromatic heterocycles. The van der Waals surface area contributed by atoms with Gasteiger partial charge in [-0.3, -0.25) is 0 Å². The Kier molecular flexibility index (Phi) is 28.0. The first kappa shape index (κ1) is 80.6. The second-order valence-electron chi connectivity index (χ2n) is 28.6. The molecule has 0 unspecified atom stereocenters. The lowest BCUT2D eigenvalue weighted by Gasteiger charge is -2.25. The Labute approximate surface area is 661 Å². The molecule has 0 saturated carbocycles. The van der Waals surface area contributed by atoms with E-state index in [1.54, 1.807) is 0 Å². The van der Waals surface area contributed by atoms with Crippen LogP contribution in [0, 0.1) is 0 Å². The maximum atomic E-state index is 15.7. The summed E-state index contributed by atoms with van der Waals surface area (Å²) < 4.78 is 119. The van der Waals surface area contributed by atoms with Gasteiger partial charge in [0, 0.05) is 68.1 Å². The lowest BCUT2D eigenvalue weighted by molar-refractivity contribution is 0.163. The Hall–Kier alpha value is -9.40. The van der Waals surface area contributed by atoms with Gasteiger partial charge in [0.15, 0.2) is 28.6 Å². The van der Waals surface area contributed by atoms with Gasteiger partial charge in [-0.1, -0.05) is 270 Å². The van der Waals surface area contributed by atoms with Crippen molar-refractivity contribution in [1.82, 2.24) is 0 Å². The summed E-state index contributed by atoms with van der Waals surface area (Å²) in [6.07, 6.45) is 3.96. The number of ether oxygens (including phenoxy) is 8. The molecule has 8 bridgehead atoms. The maximum Gasteiger partial charge on any atom is 0.167 e. The van der Waals surface area contributed by atoms with Crippen molar-refractivity contribution in [2.75, 3.05) is 51.8 Å². The van der Waals surface area contributed by atoms with Crippen LogP contribution in [-0.2, 0) is 89.3 Å². The molecule has 0 aliphatic heterocycles. The van der Waals surface area contributed by atoms with E-state index in [1.807, 2.05) is 243 Å². The number of rotatable bonds is 36. The second-order valence-corrected chi connectivity index (χ2v) is 39.7. The van der Waals surface area contributed by atoms with Crippen LogP contribution in [0.5, 0.6) is 23.0 Å². The highest BCUT2D eigenvalue weighted by molar-refractivity contribution is 7.79. The minimum atomic E-state index is -3.33. The molecule has 0 amide bonds. The first-order chi connectivity index (χ1) is 54.8. The fraction of sp³-hybridized carbons (Fsp3) is 0.250. The van der Waals surface area contributed by atoms with Crippen molar-refractivity contribution in [1.29, 1.82) is 0 Å². The number of hydrogen-bond donors (Lipinski definition) is 0. The molecule has 0 N–H and O–H groups in total. The van der Waals surface area contributed by atoms with Crippen LogP contribution in [0.2, 0.25) is 0 Å². The van der Waals surface area contributed by atoms with Gasteiger partial charge >= 0.3 is 0 Å². The summed E-state index contributed by atoms with van der Waals surface area (Å²) in [6.45, 7) is 10.5. The van der Waals surface area contributed by atoms with Crippen molar-refractivity contribution >= 4 is 71.0 Å². The summed E-state index contributed by atoms with van der Waals surface area (Å²) >= 11 is 0. The van der Waals surface area contributed by atoms with E-state index in [4.69, 9.17) is 37.9 Å². The summed E-state index contributed by atoms with van der Waals surface area (Å²) in [6, 6.07) is 94.2. The first-order valence-corrected chi connectivity index (χ1v) is 46.6. The lowest BCUT2D eigenvalue weighted by Crippen LogP contribution is -2.20. The first-order valence-electron chi connectivity index (χ1n) is 39.0. The van der Waals surface area contributed by atoms with E-state index in [0.717, 1.165) is 92.4 Å². The van der Waals surface area contributed by atoms with Gasteiger partial charge in [0.25, 0.3) is 0 Å². The predicted octanol–water partition coefficient (Wildman–Crippen LogP) is 19.5. The highest BCUT2D eigenvalue weighted by Gasteiger charge is 2.33. The minimum Gasteiger partial charge on any atom is -0.493 e. The van der Waals surface area contributed by atoms with Crippen molar-refractivity contribution in [3.8, 4) is 23.0 Å². The molecule has 0 spiro atoms. The smallest absolute Gasteiger partial charge is 0.167 e. The van der Waals surface area contributed by atoms with Gasteiger partial charge in [0.1, 0.15) is 48.4 Å². The molecule has 0 fully saturated rings. The minimum absolute atomic E-state index is 0.0519. The Morgan fingerprint density at radius 1 is 0.223 bits per heavy atom. The molecule has 576 valence electrons. The monoisotopic (exact) mass is 1570 g/mol. The van der Waals surface area contributed by atoms with Crippen LogP contribution in [0.15, 0.2) is 291 Å². The normalized spacial score (nSPS) is 12.5. The third kappa shape index (κ3) is 19.4. The van der Waals surface area contributed by atoms with Crippen LogP contribution in [-0.4, -0.2) is 51.8 Å². The van der Waals surface area contributed by atoms with Gasteiger partial charge in [0.05, 0.1) is 52.9 Å². The molecule has 12 aromatic rings. The third-order valence-corrected chi connectivity index (χ3v) is 31.3. The van der Waals surface area contributed by atoms with Crippen LogP contribution in [0.25, 0.3) is 0 Å². The zero-order valence-corrected chi connectivity index (χ0v) is 68.1.